The van der Waals surface area contributed by atoms with Crippen LogP contribution in [0, 0.1) is 11.6 Å². The molecular formula is C16H15F2NO2. The van der Waals surface area contributed by atoms with Gasteiger partial charge in [-0.05, 0) is 17.7 Å². The number of halogens is 2. The Morgan fingerprint density at radius 2 is 1.86 bits per heavy atom. The average Bonchev–Trinajstić information content (AvgIpc) is 2.46. The van der Waals surface area contributed by atoms with E-state index in [-0.39, 0.29) is 12.1 Å². The van der Waals surface area contributed by atoms with Gasteiger partial charge in [0.25, 0.3) is 5.91 Å². The average molecular weight is 291 g/mol. The molecule has 2 aromatic carbocycles. The molecule has 21 heavy (non-hydrogen) atoms. The van der Waals surface area contributed by atoms with Crippen molar-refractivity contribution in [3.63, 3.8) is 0 Å². The minimum absolute atomic E-state index is 0.00938. The second-order valence-electron chi connectivity index (χ2n) is 4.68. The summed E-state index contributed by atoms with van der Waals surface area (Å²) in [6.45, 7) is -0.00938. The Bertz CT molecular complexity index is 617. The minimum Gasteiger partial charge on any atom is -0.391 e. The van der Waals surface area contributed by atoms with E-state index in [9.17, 15) is 18.7 Å². The first-order chi connectivity index (χ1) is 10.1. The van der Waals surface area contributed by atoms with Crippen molar-refractivity contribution in [2.75, 3.05) is 6.54 Å². The van der Waals surface area contributed by atoms with Crippen molar-refractivity contribution in [2.24, 2.45) is 0 Å². The standard InChI is InChI=1S/C16H15F2NO2/c17-12-6-7-14(15(18)9-12)16(21)19-10-13(20)8-11-4-2-1-3-5-11/h1-7,9,13,20H,8,10H2,(H,19,21). The zero-order valence-corrected chi connectivity index (χ0v) is 11.2. The van der Waals surface area contributed by atoms with Gasteiger partial charge in [0.05, 0.1) is 11.7 Å². The number of benzene rings is 2. The Hall–Kier alpha value is -2.27. The summed E-state index contributed by atoms with van der Waals surface area (Å²) in [5, 5.41) is 12.3. The van der Waals surface area contributed by atoms with Crippen molar-refractivity contribution in [1.29, 1.82) is 0 Å². The van der Waals surface area contributed by atoms with Crippen LogP contribution in [0.5, 0.6) is 0 Å². The van der Waals surface area contributed by atoms with Crippen molar-refractivity contribution >= 4 is 5.91 Å². The molecule has 3 nitrogen and oxygen atoms in total. The van der Waals surface area contributed by atoms with Crippen LogP contribution in [-0.2, 0) is 6.42 Å². The van der Waals surface area contributed by atoms with E-state index in [1.165, 1.54) is 0 Å². The Labute approximate surface area is 121 Å². The fourth-order valence-corrected chi connectivity index (χ4v) is 1.94. The SMILES string of the molecule is O=C(NCC(O)Cc1ccccc1)c1ccc(F)cc1F. The summed E-state index contributed by atoms with van der Waals surface area (Å²) in [7, 11) is 0. The van der Waals surface area contributed by atoms with Gasteiger partial charge < -0.3 is 10.4 Å². The monoisotopic (exact) mass is 291 g/mol. The van der Waals surface area contributed by atoms with E-state index in [0.29, 0.717) is 12.5 Å². The molecule has 0 saturated carbocycles. The lowest BCUT2D eigenvalue weighted by atomic mass is 10.1. The van der Waals surface area contributed by atoms with Gasteiger partial charge in [-0.25, -0.2) is 8.78 Å². The second kappa shape index (κ2) is 6.95. The maximum atomic E-state index is 13.4. The first-order valence-electron chi connectivity index (χ1n) is 6.51. The second-order valence-corrected chi connectivity index (χ2v) is 4.68. The van der Waals surface area contributed by atoms with Crippen LogP contribution in [0.25, 0.3) is 0 Å². The van der Waals surface area contributed by atoms with Gasteiger partial charge in [0.2, 0.25) is 0 Å². The largest absolute Gasteiger partial charge is 0.391 e. The molecule has 0 aromatic heterocycles. The minimum atomic E-state index is -0.926. The predicted octanol–water partition coefficient (Wildman–Crippen LogP) is 2.30. The summed E-state index contributed by atoms with van der Waals surface area (Å²) in [5.41, 5.74) is 0.690. The molecule has 0 aliphatic heterocycles. The summed E-state index contributed by atoms with van der Waals surface area (Å²) in [6.07, 6.45) is -0.396. The Kier molecular flexibility index (Phi) is 5.00. The topological polar surface area (TPSA) is 49.3 Å². The smallest absolute Gasteiger partial charge is 0.254 e. The molecule has 110 valence electrons. The fraction of sp³-hybridized carbons (Fsp3) is 0.188. The summed E-state index contributed by atoms with van der Waals surface area (Å²) in [4.78, 5) is 11.7. The van der Waals surface area contributed by atoms with Gasteiger partial charge in [-0.15, -0.1) is 0 Å². The van der Waals surface area contributed by atoms with Crippen molar-refractivity contribution in [1.82, 2.24) is 5.32 Å². The van der Waals surface area contributed by atoms with Crippen LogP contribution in [0.4, 0.5) is 8.78 Å². The molecule has 0 aliphatic carbocycles. The molecule has 0 radical (unpaired) electrons. The van der Waals surface area contributed by atoms with Gasteiger partial charge >= 0.3 is 0 Å². The van der Waals surface area contributed by atoms with Crippen LogP contribution in [0.2, 0.25) is 0 Å². The van der Waals surface area contributed by atoms with Crippen molar-refractivity contribution in [2.45, 2.75) is 12.5 Å². The zero-order chi connectivity index (χ0) is 15.2. The van der Waals surface area contributed by atoms with E-state index in [4.69, 9.17) is 0 Å². The quantitative estimate of drug-likeness (QED) is 0.888. The highest BCUT2D eigenvalue weighted by atomic mass is 19.1. The number of aliphatic hydroxyl groups is 1. The van der Waals surface area contributed by atoms with E-state index in [2.05, 4.69) is 5.32 Å². The lowest BCUT2D eigenvalue weighted by Crippen LogP contribution is -2.33. The van der Waals surface area contributed by atoms with Gasteiger partial charge in [-0.3, -0.25) is 4.79 Å². The summed E-state index contributed by atoms with van der Waals surface area (Å²) in [6, 6.07) is 12.0. The van der Waals surface area contributed by atoms with E-state index in [1.807, 2.05) is 30.3 Å². The Balaban J connectivity index is 1.89. The highest BCUT2D eigenvalue weighted by molar-refractivity contribution is 5.94. The van der Waals surface area contributed by atoms with Gasteiger partial charge in [0, 0.05) is 19.0 Å². The van der Waals surface area contributed by atoms with E-state index in [1.54, 1.807) is 0 Å². The summed E-state index contributed by atoms with van der Waals surface area (Å²) in [5.74, 6) is -2.35. The third kappa shape index (κ3) is 4.36. The molecule has 5 heteroatoms. The molecule has 1 atom stereocenters. The molecule has 0 saturated heterocycles. The number of amides is 1. The number of hydrogen-bond donors (Lipinski definition) is 2. The van der Waals surface area contributed by atoms with Gasteiger partial charge in [0.1, 0.15) is 11.6 Å². The number of hydrogen-bond acceptors (Lipinski definition) is 2. The third-order valence-electron chi connectivity index (χ3n) is 2.99. The molecule has 2 N–H and O–H groups in total. The fourth-order valence-electron chi connectivity index (χ4n) is 1.94. The number of carbonyl (C=O) groups excluding carboxylic acids is 1. The summed E-state index contributed by atoms with van der Waals surface area (Å²) < 4.78 is 26.2. The van der Waals surface area contributed by atoms with Gasteiger partial charge in [0.15, 0.2) is 0 Å². The maximum absolute atomic E-state index is 13.4. The van der Waals surface area contributed by atoms with Crippen LogP contribution < -0.4 is 5.32 Å². The predicted molar refractivity (Wildman–Crippen MR) is 74.8 cm³/mol. The Morgan fingerprint density at radius 1 is 1.14 bits per heavy atom. The zero-order valence-electron chi connectivity index (χ0n) is 11.2. The van der Waals surface area contributed by atoms with Crippen LogP contribution in [0.1, 0.15) is 15.9 Å². The first kappa shape index (κ1) is 15.1. The highest BCUT2D eigenvalue weighted by Gasteiger charge is 2.14. The molecular weight excluding hydrogens is 276 g/mol. The van der Waals surface area contributed by atoms with Crippen molar-refractivity contribution < 1.29 is 18.7 Å². The van der Waals surface area contributed by atoms with E-state index in [0.717, 1.165) is 17.7 Å². The summed E-state index contributed by atoms with van der Waals surface area (Å²) >= 11 is 0. The number of rotatable bonds is 5. The number of nitrogens with one attached hydrogen (secondary N) is 1. The van der Waals surface area contributed by atoms with E-state index >= 15 is 0 Å². The van der Waals surface area contributed by atoms with Crippen molar-refractivity contribution in [3.05, 3.63) is 71.3 Å². The van der Waals surface area contributed by atoms with Gasteiger partial charge in [-0.1, -0.05) is 30.3 Å². The molecule has 0 aliphatic rings. The lowest BCUT2D eigenvalue weighted by Gasteiger charge is -2.12. The molecule has 0 bridgehead atoms. The van der Waals surface area contributed by atoms with Crippen molar-refractivity contribution in [3.8, 4) is 0 Å². The molecule has 1 unspecified atom stereocenters. The third-order valence-corrected chi connectivity index (χ3v) is 2.99. The number of carbonyl (C=O) groups is 1. The maximum Gasteiger partial charge on any atom is 0.254 e. The molecule has 2 aromatic rings. The molecule has 1 amide bonds. The Morgan fingerprint density at radius 3 is 2.52 bits per heavy atom. The van der Waals surface area contributed by atoms with Crippen LogP contribution in [-0.4, -0.2) is 23.7 Å². The molecule has 2 rings (SSSR count). The molecule has 0 heterocycles. The number of aliphatic hydroxyl groups excluding tert-OH is 1. The molecule has 0 fully saturated rings. The van der Waals surface area contributed by atoms with Crippen LogP contribution in [0.15, 0.2) is 48.5 Å². The highest BCUT2D eigenvalue weighted by Crippen LogP contribution is 2.09. The van der Waals surface area contributed by atoms with Gasteiger partial charge in [-0.2, -0.15) is 0 Å². The van der Waals surface area contributed by atoms with Crippen LogP contribution >= 0.6 is 0 Å². The molecule has 0 spiro atoms. The van der Waals surface area contributed by atoms with Crippen LogP contribution in [0.3, 0.4) is 0 Å². The first-order valence-corrected chi connectivity index (χ1v) is 6.51. The normalized spacial score (nSPS) is 12.0. The lowest BCUT2D eigenvalue weighted by molar-refractivity contribution is 0.0912. The van der Waals surface area contributed by atoms with E-state index < -0.39 is 23.6 Å².